The first-order valence-electron chi connectivity index (χ1n) is 9.20. The standard InChI is InChI=1S/2C10H21.Zn/c2*1-4-5-6-7-8-9-10(2)3;/h2*10H,2,4-9H2,1,3H3;/q2*-1;+2. The van der Waals surface area contributed by atoms with Crippen LogP contribution in [0.2, 0.25) is 0 Å². The van der Waals surface area contributed by atoms with E-state index in [9.17, 15) is 0 Å². The SMILES string of the molecule is [CH2-]C(C)CCCCCCC.[CH2-]C(C)CCCCCCC.[Zn+2]. The summed E-state index contributed by atoms with van der Waals surface area (Å²) in [4.78, 5) is 0. The molecule has 0 aliphatic heterocycles. The molecule has 0 aliphatic rings. The van der Waals surface area contributed by atoms with Gasteiger partial charge in [-0.2, -0.15) is 11.8 Å². The molecule has 21 heavy (non-hydrogen) atoms. The van der Waals surface area contributed by atoms with Crippen molar-refractivity contribution in [2.45, 2.75) is 105 Å². The third kappa shape index (κ3) is 33.4. The van der Waals surface area contributed by atoms with Crippen molar-refractivity contribution in [2.75, 3.05) is 0 Å². The molecule has 2 unspecified atom stereocenters. The van der Waals surface area contributed by atoms with Gasteiger partial charge in [0.2, 0.25) is 0 Å². The summed E-state index contributed by atoms with van der Waals surface area (Å²) in [5, 5.41) is 0. The second kappa shape index (κ2) is 22.9. The van der Waals surface area contributed by atoms with Crippen LogP contribution in [0.15, 0.2) is 0 Å². The molecule has 0 nitrogen and oxygen atoms in total. The molecule has 0 aromatic rings. The minimum Gasteiger partial charge on any atom is -0.341 e. The molecule has 1 heteroatoms. The van der Waals surface area contributed by atoms with E-state index in [0.717, 1.165) is 0 Å². The molecule has 0 saturated heterocycles. The summed E-state index contributed by atoms with van der Waals surface area (Å²) in [6, 6.07) is 0. The maximum absolute atomic E-state index is 3.96. The summed E-state index contributed by atoms with van der Waals surface area (Å²) < 4.78 is 0. The molecule has 0 heterocycles. The van der Waals surface area contributed by atoms with Gasteiger partial charge in [0, 0.05) is 0 Å². The molecule has 0 aliphatic carbocycles. The molecule has 0 amide bonds. The smallest absolute Gasteiger partial charge is 0.341 e. The van der Waals surface area contributed by atoms with Gasteiger partial charge in [-0.25, -0.2) is 0 Å². The molecule has 0 spiro atoms. The van der Waals surface area contributed by atoms with Gasteiger partial charge in [0.1, 0.15) is 0 Å². The molecule has 0 aromatic carbocycles. The van der Waals surface area contributed by atoms with E-state index >= 15 is 0 Å². The van der Waals surface area contributed by atoms with Gasteiger partial charge >= 0.3 is 19.5 Å². The average molecular weight is 348 g/mol. The van der Waals surface area contributed by atoms with Gasteiger partial charge in [-0.1, -0.05) is 105 Å². The van der Waals surface area contributed by atoms with Crippen LogP contribution in [0.25, 0.3) is 0 Å². The van der Waals surface area contributed by atoms with Crippen LogP contribution in [0, 0.1) is 25.7 Å². The number of hydrogen-bond acceptors (Lipinski definition) is 0. The quantitative estimate of drug-likeness (QED) is 0.193. The minimum absolute atomic E-state index is 0. The summed E-state index contributed by atoms with van der Waals surface area (Å²) in [5.74, 6) is 1.31. The van der Waals surface area contributed by atoms with Crippen molar-refractivity contribution < 1.29 is 19.5 Å². The van der Waals surface area contributed by atoms with Crippen molar-refractivity contribution in [3.05, 3.63) is 13.8 Å². The van der Waals surface area contributed by atoms with Crippen LogP contribution >= 0.6 is 0 Å². The van der Waals surface area contributed by atoms with Crippen LogP contribution in [0.5, 0.6) is 0 Å². The Labute approximate surface area is 150 Å². The second-order valence-electron chi connectivity index (χ2n) is 6.62. The fraction of sp³-hybridized carbons (Fsp3) is 0.900. The van der Waals surface area contributed by atoms with Crippen molar-refractivity contribution in [1.82, 2.24) is 0 Å². The van der Waals surface area contributed by atoms with Crippen LogP contribution in [0.3, 0.4) is 0 Å². The molecule has 0 bridgehead atoms. The van der Waals surface area contributed by atoms with Crippen molar-refractivity contribution in [1.29, 1.82) is 0 Å². The minimum atomic E-state index is 0. The number of rotatable bonds is 12. The number of hydrogen-bond donors (Lipinski definition) is 0. The zero-order valence-electron chi connectivity index (χ0n) is 15.8. The molecule has 0 radical (unpaired) electrons. The third-order valence-corrected chi connectivity index (χ3v) is 3.60. The zero-order valence-corrected chi connectivity index (χ0v) is 18.7. The molecule has 0 N–H and O–H groups in total. The summed E-state index contributed by atoms with van der Waals surface area (Å²) in [6.45, 7) is 16.8. The molecule has 0 saturated carbocycles. The maximum atomic E-state index is 3.96. The third-order valence-electron chi connectivity index (χ3n) is 3.60. The molecule has 2 atom stereocenters. The molecule has 124 valence electrons. The van der Waals surface area contributed by atoms with Crippen molar-refractivity contribution >= 4 is 0 Å². The van der Waals surface area contributed by atoms with Crippen molar-refractivity contribution in [3.63, 3.8) is 0 Å². The summed E-state index contributed by atoms with van der Waals surface area (Å²) in [6.07, 6.45) is 16.5. The van der Waals surface area contributed by atoms with E-state index in [1.165, 1.54) is 77.0 Å². The van der Waals surface area contributed by atoms with Crippen LogP contribution in [0.1, 0.15) is 105 Å². The van der Waals surface area contributed by atoms with Gasteiger partial charge in [-0.3, -0.25) is 0 Å². The van der Waals surface area contributed by atoms with E-state index in [1.807, 2.05) is 0 Å². The Balaban J connectivity index is -0.000000295. The van der Waals surface area contributed by atoms with Gasteiger partial charge in [-0.15, -0.1) is 0 Å². The van der Waals surface area contributed by atoms with E-state index < -0.39 is 0 Å². The van der Waals surface area contributed by atoms with E-state index in [2.05, 4.69) is 41.5 Å². The van der Waals surface area contributed by atoms with Gasteiger partial charge in [0.15, 0.2) is 0 Å². The monoisotopic (exact) mass is 346 g/mol. The Morgan fingerprint density at radius 2 is 0.857 bits per heavy atom. The summed E-state index contributed by atoms with van der Waals surface area (Å²) >= 11 is 0. The molecular weight excluding hydrogens is 306 g/mol. The first-order valence-corrected chi connectivity index (χ1v) is 9.20. The van der Waals surface area contributed by atoms with E-state index in [-0.39, 0.29) is 19.5 Å². The Morgan fingerprint density at radius 1 is 0.571 bits per heavy atom. The Bertz CT molecular complexity index is 134. The molecule has 0 rings (SSSR count). The second-order valence-corrected chi connectivity index (χ2v) is 6.62. The topological polar surface area (TPSA) is 0 Å². The summed E-state index contributed by atoms with van der Waals surface area (Å²) in [7, 11) is 0. The molecule has 0 aromatic heterocycles. The van der Waals surface area contributed by atoms with Gasteiger partial charge in [-0.05, 0) is 0 Å². The van der Waals surface area contributed by atoms with E-state index in [1.54, 1.807) is 0 Å². The maximum Gasteiger partial charge on any atom is 2.00 e. The normalized spacial score (nSPS) is 12.9. The van der Waals surface area contributed by atoms with Crippen LogP contribution in [-0.2, 0) is 19.5 Å². The molecular formula is C20H42Zn. The van der Waals surface area contributed by atoms with Crippen LogP contribution in [-0.4, -0.2) is 0 Å². The first-order chi connectivity index (χ1) is 9.54. The van der Waals surface area contributed by atoms with Gasteiger partial charge in [0.25, 0.3) is 0 Å². The van der Waals surface area contributed by atoms with E-state index in [4.69, 9.17) is 0 Å². The Kier molecular flexibility index (Phi) is 28.9. The summed E-state index contributed by atoms with van der Waals surface area (Å²) in [5.41, 5.74) is 0. The number of unbranched alkanes of at least 4 members (excludes halogenated alkanes) is 8. The van der Waals surface area contributed by atoms with Crippen molar-refractivity contribution in [3.8, 4) is 0 Å². The first kappa shape index (κ1) is 26.5. The predicted octanol–water partition coefficient (Wildman–Crippen LogP) is 7.63. The largest absolute Gasteiger partial charge is 2.00 e. The van der Waals surface area contributed by atoms with Crippen LogP contribution in [0.4, 0.5) is 0 Å². The average Bonchev–Trinajstić information content (AvgIpc) is 2.38. The van der Waals surface area contributed by atoms with Gasteiger partial charge < -0.3 is 13.8 Å². The molecule has 0 fully saturated rings. The Hall–Kier alpha value is 0.623. The fourth-order valence-electron chi connectivity index (χ4n) is 2.19. The van der Waals surface area contributed by atoms with Crippen LogP contribution < -0.4 is 0 Å². The van der Waals surface area contributed by atoms with Crippen molar-refractivity contribution in [2.24, 2.45) is 11.8 Å². The van der Waals surface area contributed by atoms with E-state index in [0.29, 0.717) is 11.8 Å². The Morgan fingerprint density at radius 3 is 1.10 bits per heavy atom. The fourth-order valence-corrected chi connectivity index (χ4v) is 2.19. The zero-order chi connectivity index (χ0) is 15.6. The predicted molar refractivity (Wildman–Crippen MR) is 95.8 cm³/mol. The van der Waals surface area contributed by atoms with Gasteiger partial charge in [0.05, 0.1) is 0 Å².